The topological polar surface area (TPSA) is 34.9 Å². The average Bonchev–Trinajstić information content (AvgIpc) is 2.24. The minimum Gasteiger partial charge on any atom is -0.306 e. The molecular weight excluding hydrogens is 259 g/mol. The lowest BCUT2D eigenvalue weighted by Gasteiger charge is -2.19. The van der Waals surface area contributed by atoms with Crippen molar-refractivity contribution in [1.82, 2.24) is 9.55 Å². The van der Waals surface area contributed by atoms with Crippen molar-refractivity contribution in [2.75, 3.05) is 0 Å². The van der Waals surface area contributed by atoms with Gasteiger partial charge in [0.05, 0.1) is 5.69 Å². The van der Waals surface area contributed by atoms with Gasteiger partial charge in [-0.3, -0.25) is 4.79 Å². The molecule has 1 aromatic heterocycles. The molecule has 1 rings (SSSR count). The summed E-state index contributed by atoms with van der Waals surface area (Å²) < 4.78 is 1.66. The van der Waals surface area contributed by atoms with Gasteiger partial charge in [-0.2, -0.15) is 0 Å². The molecule has 0 amide bonds. The molecule has 0 radical (unpaired) electrons. The highest BCUT2D eigenvalue weighted by atomic mass is 35.5. The number of hydrogen-bond donors (Lipinski definition) is 0. The molecule has 0 aliphatic rings. The Morgan fingerprint density at radius 3 is 2.29 bits per heavy atom. The van der Waals surface area contributed by atoms with Crippen LogP contribution < -0.4 is 5.56 Å². The van der Waals surface area contributed by atoms with E-state index in [4.69, 9.17) is 23.2 Å². The number of aromatic nitrogens is 2. The number of halogens is 2. The Labute approximate surface area is 112 Å². The lowest BCUT2D eigenvalue weighted by molar-refractivity contribution is 0.478. The summed E-state index contributed by atoms with van der Waals surface area (Å²) in [7, 11) is 0. The molecule has 3 nitrogen and oxygen atoms in total. The lowest BCUT2D eigenvalue weighted by atomic mass is 10.0. The minimum absolute atomic E-state index is 0.0531. The van der Waals surface area contributed by atoms with Gasteiger partial charge in [-0.1, -0.05) is 50.9 Å². The summed E-state index contributed by atoms with van der Waals surface area (Å²) in [5, 5.41) is 0.285. The first-order valence-electron chi connectivity index (χ1n) is 5.84. The highest BCUT2D eigenvalue weighted by Crippen LogP contribution is 2.25. The maximum absolute atomic E-state index is 12.0. The van der Waals surface area contributed by atoms with Crippen molar-refractivity contribution in [2.45, 2.75) is 46.6 Å². The molecule has 17 heavy (non-hydrogen) atoms. The number of nitrogens with zero attached hydrogens (tertiary/aromatic N) is 2. The SMILES string of the molecule is CCC(C)c1c(Cl)nc(Cl)c(=O)n1CC(C)C. The minimum atomic E-state index is -0.250. The van der Waals surface area contributed by atoms with Crippen molar-refractivity contribution in [1.29, 1.82) is 0 Å². The summed E-state index contributed by atoms with van der Waals surface area (Å²) in [6.45, 7) is 8.80. The molecule has 0 bridgehead atoms. The third-order valence-corrected chi connectivity index (χ3v) is 3.27. The monoisotopic (exact) mass is 276 g/mol. The molecular formula is C12H18Cl2N2O. The first-order valence-corrected chi connectivity index (χ1v) is 6.59. The van der Waals surface area contributed by atoms with E-state index in [2.05, 4.69) is 25.8 Å². The van der Waals surface area contributed by atoms with Crippen LogP contribution in [-0.2, 0) is 6.54 Å². The largest absolute Gasteiger partial charge is 0.306 e. The lowest BCUT2D eigenvalue weighted by Crippen LogP contribution is -2.28. The maximum Gasteiger partial charge on any atom is 0.288 e. The first-order chi connectivity index (χ1) is 7.88. The summed E-state index contributed by atoms with van der Waals surface area (Å²) in [5.41, 5.74) is 0.539. The Balaban J connectivity index is 3.44. The Bertz CT molecular complexity index is 455. The normalized spacial score (nSPS) is 13.1. The van der Waals surface area contributed by atoms with Gasteiger partial charge in [-0.15, -0.1) is 0 Å². The van der Waals surface area contributed by atoms with Gasteiger partial charge in [0, 0.05) is 6.54 Å². The van der Waals surface area contributed by atoms with E-state index in [9.17, 15) is 4.79 Å². The molecule has 0 fully saturated rings. The molecule has 0 spiro atoms. The third-order valence-electron chi connectivity index (χ3n) is 2.75. The standard InChI is InChI=1S/C12H18Cl2N2O/c1-5-8(4)9-10(13)15-11(14)12(17)16(9)6-7(2)3/h7-8H,5-6H2,1-4H3. The smallest absolute Gasteiger partial charge is 0.288 e. The summed E-state index contributed by atoms with van der Waals surface area (Å²) in [4.78, 5) is 15.9. The Kier molecular flexibility index (Phi) is 5.02. The molecule has 5 heteroatoms. The van der Waals surface area contributed by atoms with Crippen molar-refractivity contribution < 1.29 is 0 Å². The van der Waals surface area contributed by atoms with Crippen LogP contribution in [0, 0.1) is 5.92 Å². The van der Waals surface area contributed by atoms with E-state index in [1.165, 1.54) is 0 Å². The van der Waals surface area contributed by atoms with Crippen LogP contribution in [-0.4, -0.2) is 9.55 Å². The number of hydrogen-bond acceptors (Lipinski definition) is 2. The van der Waals surface area contributed by atoms with Crippen molar-refractivity contribution in [3.05, 3.63) is 26.4 Å². The quantitative estimate of drug-likeness (QED) is 0.840. The van der Waals surface area contributed by atoms with Gasteiger partial charge < -0.3 is 4.57 Å². The summed E-state index contributed by atoms with van der Waals surface area (Å²) in [6, 6.07) is 0. The van der Waals surface area contributed by atoms with Gasteiger partial charge in [-0.05, 0) is 18.3 Å². The van der Waals surface area contributed by atoms with Crippen molar-refractivity contribution >= 4 is 23.2 Å². The van der Waals surface area contributed by atoms with E-state index in [0.29, 0.717) is 17.6 Å². The number of rotatable bonds is 4. The molecule has 0 aromatic carbocycles. The third kappa shape index (κ3) is 3.23. The van der Waals surface area contributed by atoms with E-state index in [-0.39, 0.29) is 16.6 Å². The van der Waals surface area contributed by atoms with Crippen LogP contribution in [0.1, 0.15) is 45.7 Å². The highest BCUT2D eigenvalue weighted by molar-refractivity contribution is 6.32. The van der Waals surface area contributed by atoms with Crippen LogP contribution >= 0.6 is 23.2 Å². The molecule has 0 saturated carbocycles. The second kappa shape index (κ2) is 5.87. The fourth-order valence-corrected chi connectivity index (χ4v) is 2.34. The summed E-state index contributed by atoms with van der Waals surface area (Å²) in [5.74, 6) is 0.545. The average molecular weight is 277 g/mol. The van der Waals surface area contributed by atoms with E-state index in [1.54, 1.807) is 4.57 Å². The Hall–Kier alpha value is -0.540. The molecule has 0 aliphatic carbocycles. The van der Waals surface area contributed by atoms with E-state index >= 15 is 0 Å². The predicted octanol–water partition coefficient (Wildman–Crippen LogP) is 3.72. The fourth-order valence-electron chi connectivity index (χ4n) is 1.73. The van der Waals surface area contributed by atoms with E-state index < -0.39 is 0 Å². The molecule has 1 heterocycles. The van der Waals surface area contributed by atoms with Crippen molar-refractivity contribution in [2.24, 2.45) is 5.92 Å². The zero-order valence-electron chi connectivity index (χ0n) is 10.6. The van der Waals surface area contributed by atoms with Crippen molar-refractivity contribution in [3.63, 3.8) is 0 Å². The second-order valence-electron chi connectivity index (χ2n) is 4.70. The van der Waals surface area contributed by atoms with Crippen LogP contribution in [0.3, 0.4) is 0 Å². The van der Waals surface area contributed by atoms with Crippen LogP contribution in [0.4, 0.5) is 0 Å². The Morgan fingerprint density at radius 2 is 1.82 bits per heavy atom. The predicted molar refractivity (Wildman–Crippen MR) is 72.1 cm³/mol. The zero-order valence-corrected chi connectivity index (χ0v) is 12.1. The van der Waals surface area contributed by atoms with Gasteiger partial charge in [0.2, 0.25) is 0 Å². The second-order valence-corrected chi connectivity index (χ2v) is 5.41. The highest BCUT2D eigenvalue weighted by Gasteiger charge is 2.18. The van der Waals surface area contributed by atoms with Crippen LogP contribution in [0.25, 0.3) is 0 Å². The molecule has 1 atom stereocenters. The first kappa shape index (κ1) is 14.5. The molecule has 0 aliphatic heterocycles. The maximum atomic E-state index is 12.0. The van der Waals surface area contributed by atoms with Gasteiger partial charge in [0.25, 0.3) is 5.56 Å². The van der Waals surface area contributed by atoms with Gasteiger partial charge >= 0.3 is 0 Å². The summed E-state index contributed by atoms with van der Waals surface area (Å²) >= 11 is 11.9. The van der Waals surface area contributed by atoms with Gasteiger partial charge in [-0.25, -0.2) is 4.98 Å². The molecule has 1 unspecified atom stereocenters. The van der Waals surface area contributed by atoms with Gasteiger partial charge in [0.1, 0.15) is 0 Å². The van der Waals surface area contributed by atoms with Gasteiger partial charge in [0.15, 0.2) is 10.3 Å². The fraction of sp³-hybridized carbons (Fsp3) is 0.667. The molecule has 1 aromatic rings. The zero-order chi connectivity index (χ0) is 13.2. The Morgan fingerprint density at radius 1 is 1.24 bits per heavy atom. The van der Waals surface area contributed by atoms with E-state index in [1.807, 2.05) is 6.92 Å². The molecule has 96 valence electrons. The van der Waals surface area contributed by atoms with Crippen LogP contribution in [0.15, 0.2) is 4.79 Å². The van der Waals surface area contributed by atoms with Crippen molar-refractivity contribution in [3.8, 4) is 0 Å². The summed E-state index contributed by atoms with van der Waals surface area (Å²) in [6.07, 6.45) is 0.903. The molecule has 0 N–H and O–H groups in total. The van der Waals surface area contributed by atoms with Crippen LogP contribution in [0.5, 0.6) is 0 Å². The van der Waals surface area contributed by atoms with E-state index in [0.717, 1.165) is 12.1 Å². The van der Waals surface area contributed by atoms with Crippen LogP contribution in [0.2, 0.25) is 10.3 Å². The molecule has 0 saturated heterocycles.